The Hall–Kier alpha value is -1.32. The molecule has 0 unspecified atom stereocenters. The standard InChI is InChI=1S/C11H20N4/c1-5-7-15(4)11-8-10(12-6-2)13-9(3)14-11/h8H,5-7H2,1-4H3,(H,12,13,14). The zero-order valence-corrected chi connectivity index (χ0v) is 10.0. The fourth-order valence-electron chi connectivity index (χ4n) is 1.47. The smallest absolute Gasteiger partial charge is 0.134 e. The Bertz CT molecular complexity index is 311. The molecule has 0 aliphatic rings. The molecule has 0 radical (unpaired) electrons. The second-order valence-electron chi connectivity index (χ2n) is 3.61. The maximum atomic E-state index is 4.41. The Kier molecular flexibility index (Phi) is 4.34. The molecule has 1 aromatic rings. The highest BCUT2D eigenvalue weighted by atomic mass is 15.2. The summed E-state index contributed by atoms with van der Waals surface area (Å²) in [5.74, 6) is 2.70. The van der Waals surface area contributed by atoms with Crippen molar-refractivity contribution in [3.8, 4) is 0 Å². The molecule has 0 amide bonds. The van der Waals surface area contributed by atoms with Crippen LogP contribution < -0.4 is 10.2 Å². The van der Waals surface area contributed by atoms with Crippen molar-refractivity contribution in [3.63, 3.8) is 0 Å². The van der Waals surface area contributed by atoms with Gasteiger partial charge in [0.1, 0.15) is 17.5 Å². The van der Waals surface area contributed by atoms with Crippen molar-refractivity contribution in [1.29, 1.82) is 0 Å². The first kappa shape index (κ1) is 11.8. The Morgan fingerprint density at radius 1 is 1.33 bits per heavy atom. The molecule has 0 atom stereocenters. The summed E-state index contributed by atoms with van der Waals surface area (Å²) in [6.07, 6.45) is 1.12. The van der Waals surface area contributed by atoms with E-state index in [0.29, 0.717) is 0 Å². The highest BCUT2D eigenvalue weighted by Crippen LogP contribution is 2.14. The van der Waals surface area contributed by atoms with Crippen molar-refractivity contribution < 1.29 is 0 Å². The molecule has 15 heavy (non-hydrogen) atoms. The van der Waals surface area contributed by atoms with E-state index >= 15 is 0 Å². The number of anilines is 2. The molecule has 0 bridgehead atoms. The largest absolute Gasteiger partial charge is 0.370 e. The van der Waals surface area contributed by atoms with Gasteiger partial charge in [0.25, 0.3) is 0 Å². The molecule has 1 aromatic heterocycles. The zero-order chi connectivity index (χ0) is 11.3. The average molecular weight is 208 g/mol. The Labute approximate surface area is 91.7 Å². The third-order valence-electron chi connectivity index (χ3n) is 2.13. The van der Waals surface area contributed by atoms with Gasteiger partial charge in [0.05, 0.1) is 0 Å². The van der Waals surface area contributed by atoms with E-state index < -0.39 is 0 Å². The SMILES string of the molecule is CCCN(C)c1cc(NCC)nc(C)n1. The summed E-state index contributed by atoms with van der Waals surface area (Å²) in [6.45, 7) is 8.04. The molecule has 0 spiro atoms. The van der Waals surface area contributed by atoms with Crippen LogP contribution in [0.2, 0.25) is 0 Å². The molecule has 0 aliphatic heterocycles. The van der Waals surface area contributed by atoms with Crippen LogP contribution in [0.5, 0.6) is 0 Å². The van der Waals surface area contributed by atoms with E-state index in [4.69, 9.17) is 0 Å². The van der Waals surface area contributed by atoms with Gasteiger partial charge in [-0.3, -0.25) is 0 Å². The lowest BCUT2D eigenvalue weighted by molar-refractivity contribution is 0.829. The van der Waals surface area contributed by atoms with Gasteiger partial charge in [-0.2, -0.15) is 0 Å². The van der Waals surface area contributed by atoms with Crippen molar-refractivity contribution in [3.05, 3.63) is 11.9 Å². The predicted molar refractivity (Wildman–Crippen MR) is 64.5 cm³/mol. The number of nitrogens with zero attached hydrogens (tertiary/aromatic N) is 3. The summed E-state index contributed by atoms with van der Waals surface area (Å²) in [6, 6.07) is 1.99. The molecule has 4 nitrogen and oxygen atoms in total. The van der Waals surface area contributed by atoms with Crippen LogP contribution in [0.4, 0.5) is 11.6 Å². The molecular weight excluding hydrogens is 188 g/mol. The molecule has 1 rings (SSSR count). The van der Waals surface area contributed by atoms with Crippen LogP contribution in [0.3, 0.4) is 0 Å². The van der Waals surface area contributed by atoms with Gasteiger partial charge in [0.15, 0.2) is 0 Å². The summed E-state index contributed by atoms with van der Waals surface area (Å²) in [5.41, 5.74) is 0. The number of rotatable bonds is 5. The van der Waals surface area contributed by atoms with Crippen LogP contribution in [0.1, 0.15) is 26.1 Å². The minimum atomic E-state index is 0.811. The Balaban J connectivity index is 2.87. The first-order chi connectivity index (χ1) is 7.17. The quantitative estimate of drug-likeness (QED) is 0.804. The second-order valence-corrected chi connectivity index (χ2v) is 3.61. The first-order valence-corrected chi connectivity index (χ1v) is 5.48. The van der Waals surface area contributed by atoms with Crippen LogP contribution >= 0.6 is 0 Å². The van der Waals surface area contributed by atoms with E-state index in [-0.39, 0.29) is 0 Å². The Morgan fingerprint density at radius 2 is 2.07 bits per heavy atom. The van der Waals surface area contributed by atoms with Gasteiger partial charge in [-0.1, -0.05) is 6.92 Å². The zero-order valence-electron chi connectivity index (χ0n) is 10.0. The number of aryl methyl sites for hydroxylation is 1. The normalized spacial score (nSPS) is 10.1. The molecule has 1 heterocycles. The van der Waals surface area contributed by atoms with Crippen LogP contribution in [0, 0.1) is 6.92 Å². The van der Waals surface area contributed by atoms with E-state index in [0.717, 1.165) is 37.0 Å². The number of hydrogen-bond donors (Lipinski definition) is 1. The monoisotopic (exact) mass is 208 g/mol. The fraction of sp³-hybridized carbons (Fsp3) is 0.636. The van der Waals surface area contributed by atoms with E-state index in [1.165, 1.54) is 0 Å². The highest BCUT2D eigenvalue weighted by molar-refractivity contribution is 5.48. The van der Waals surface area contributed by atoms with Gasteiger partial charge >= 0.3 is 0 Å². The minimum Gasteiger partial charge on any atom is -0.370 e. The topological polar surface area (TPSA) is 41.0 Å². The van der Waals surface area contributed by atoms with E-state index in [2.05, 4.69) is 41.1 Å². The second kappa shape index (κ2) is 5.53. The minimum absolute atomic E-state index is 0.811. The molecule has 84 valence electrons. The van der Waals surface area contributed by atoms with Crippen LogP contribution in [-0.4, -0.2) is 30.1 Å². The first-order valence-electron chi connectivity index (χ1n) is 5.48. The molecule has 0 aromatic carbocycles. The molecule has 0 aliphatic carbocycles. The maximum absolute atomic E-state index is 4.41. The van der Waals surface area contributed by atoms with Crippen molar-refractivity contribution in [1.82, 2.24) is 9.97 Å². The van der Waals surface area contributed by atoms with Crippen molar-refractivity contribution in [2.45, 2.75) is 27.2 Å². The molecular formula is C11H20N4. The van der Waals surface area contributed by atoms with Crippen LogP contribution in [-0.2, 0) is 0 Å². The molecule has 0 saturated heterocycles. The Morgan fingerprint density at radius 3 is 2.67 bits per heavy atom. The molecule has 1 N–H and O–H groups in total. The summed E-state index contributed by atoms with van der Waals surface area (Å²) < 4.78 is 0. The van der Waals surface area contributed by atoms with Gasteiger partial charge in [0, 0.05) is 26.2 Å². The van der Waals surface area contributed by atoms with Gasteiger partial charge in [-0.25, -0.2) is 9.97 Å². The van der Waals surface area contributed by atoms with Gasteiger partial charge in [0.2, 0.25) is 0 Å². The summed E-state index contributed by atoms with van der Waals surface area (Å²) in [7, 11) is 2.06. The van der Waals surface area contributed by atoms with Gasteiger partial charge in [-0.15, -0.1) is 0 Å². The average Bonchev–Trinajstić information content (AvgIpc) is 2.17. The van der Waals surface area contributed by atoms with Gasteiger partial charge < -0.3 is 10.2 Å². The van der Waals surface area contributed by atoms with Crippen molar-refractivity contribution in [2.75, 3.05) is 30.4 Å². The predicted octanol–water partition coefficient (Wildman–Crippen LogP) is 2.06. The molecule has 4 heteroatoms. The fourth-order valence-corrected chi connectivity index (χ4v) is 1.47. The lowest BCUT2D eigenvalue weighted by Gasteiger charge is -2.18. The molecule has 0 saturated carbocycles. The third-order valence-corrected chi connectivity index (χ3v) is 2.13. The highest BCUT2D eigenvalue weighted by Gasteiger charge is 2.04. The number of hydrogen-bond acceptors (Lipinski definition) is 4. The van der Waals surface area contributed by atoms with Crippen molar-refractivity contribution >= 4 is 11.6 Å². The van der Waals surface area contributed by atoms with Crippen LogP contribution in [0.15, 0.2) is 6.07 Å². The number of aromatic nitrogens is 2. The van der Waals surface area contributed by atoms with E-state index in [1.807, 2.05) is 13.0 Å². The summed E-state index contributed by atoms with van der Waals surface area (Å²) >= 11 is 0. The molecule has 0 fully saturated rings. The summed E-state index contributed by atoms with van der Waals surface area (Å²) in [4.78, 5) is 10.9. The summed E-state index contributed by atoms with van der Waals surface area (Å²) in [5, 5.41) is 3.21. The van der Waals surface area contributed by atoms with Gasteiger partial charge in [-0.05, 0) is 20.3 Å². The maximum Gasteiger partial charge on any atom is 0.134 e. The number of nitrogens with one attached hydrogen (secondary N) is 1. The lowest BCUT2D eigenvalue weighted by Crippen LogP contribution is -2.20. The van der Waals surface area contributed by atoms with E-state index in [1.54, 1.807) is 0 Å². The lowest BCUT2D eigenvalue weighted by atomic mass is 10.4. The van der Waals surface area contributed by atoms with Crippen LogP contribution in [0.25, 0.3) is 0 Å². The van der Waals surface area contributed by atoms with E-state index in [9.17, 15) is 0 Å². The van der Waals surface area contributed by atoms with Crippen molar-refractivity contribution in [2.24, 2.45) is 0 Å². The third kappa shape index (κ3) is 3.38.